The first-order valence-corrected chi connectivity index (χ1v) is 9.15. The minimum Gasteiger partial charge on any atom is -0.310 e. The molecule has 0 aliphatic heterocycles. The molecule has 0 fully saturated rings. The largest absolute Gasteiger partial charge is 0.310 e. The van der Waals surface area contributed by atoms with Crippen LogP contribution in [0.3, 0.4) is 0 Å². The first-order valence-electron chi connectivity index (χ1n) is 8.07. The minimum atomic E-state index is -0.804. The van der Waals surface area contributed by atoms with Gasteiger partial charge in [0.05, 0.1) is 11.1 Å². The first-order chi connectivity index (χ1) is 12.0. The van der Waals surface area contributed by atoms with E-state index in [2.05, 4.69) is 32.9 Å². The summed E-state index contributed by atoms with van der Waals surface area (Å²) in [5, 5.41) is 2.99. The number of aryl methyl sites for hydroxylation is 1. The lowest BCUT2D eigenvalue weighted by Crippen LogP contribution is -2.39. The normalized spacial score (nSPS) is 11.2. The molecule has 0 bridgehead atoms. The third-order valence-electron chi connectivity index (χ3n) is 4.42. The molecule has 25 heavy (non-hydrogen) atoms. The van der Waals surface area contributed by atoms with Gasteiger partial charge in [-0.25, -0.2) is 4.98 Å². The second-order valence-corrected chi connectivity index (χ2v) is 7.24. The molecule has 0 spiro atoms. The Balaban J connectivity index is 2.02. The number of halogens is 1. The first kappa shape index (κ1) is 17.6. The van der Waals surface area contributed by atoms with Crippen LogP contribution in [0.1, 0.15) is 23.7 Å². The summed E-state index contributed by atoms with van der Waals surface area (Å²) in [5.74, 6) is 0.471. The van der Waals surface area contributed by atoms with E-state index in [9.17, 15) is 4.79 Å². The topological polar surface area (TPSA) is 42.0 Å². The number of aromatic nitrogens is 1. The molecular weight excluding hydrogens is 423 g/mol. The monoisotopic (exact) mass is 442 g/mol. The van der Waals surface area contributed by atoms with Crippen molar-refractivity contribution < 1.29 is 4.79 Å². The minimum absolute atomic E-state index is 0.0991. The lowest BCUT2D eigenvalue weighted by molar-refractivity contribution is -0.119. The van der Waals surface area contributed by atoms with Gasteiger partial charge in [-0.15, -0.1) is 0 Å². The molecule has 0 saturated heterocycles. The van der Waals surface area contributed by atoms with Gasteiger partial charge in [-0.05, 0) is 59.7 Å². The summed E-state index contributed by atoms with van der Waals surface area (Å²) in [7, 11) is 0. The van der Waals surface area contributed by atoms with Gasteiger partial charge in [0.1, 0.15) is 5.82 Å². The van der Waals surface area contributed by atoms with Crippen LogP contribution in [-0.2, 0) is 10.2 Å². The summed E-state index contributed by atoms with van der Waals surface area (Å²) in [5.41, 5.74) is 1.99. The van der Waals surface area contributed by atoms with Crippen LogP contribution < -0.4 is 5.32 Å². The Morgan fingerprint density at radius 1 is 0.920 bits per heavy atom. The highest BCUT2D eigenvalue weighted by Gasteiger charge is 2.37. The number of hydrogen-bond donors (Lipinski definition) is 1. The van der Waals surface area contributed by atoms with Crippen molar-refractivity contribution in [1.82, 2.24) is 4.98 Å². The Morgan fingerprint density at radius 3 is 1.92 bits per heavy atom. The van der Waals surface area contributed by atoms with Crippen molar-refractivity contribution in [2.45, 2.75) is 19.3 Å². The van der Waals surface area contributed by atoms with Crippen molar-refractivity contribution in [1.29, 1.82) is 0 Å². The van der Waals surface area contributed by atoms with E-state index in [0.717, 1.165) is 20.4 Å². The van der Waals surface area contributed by atoms with Crippen molar-refractivity contribution in [2.24, 2.45) is 0 Å². The third-order valence-corrected chi connectivity index (χ3v) is 5.56. The number of pyridine rings is 1. The number of nitrogens with one attached hydrogen (secondary N) is 1. The molecule has 1 heterocycles. The lowest BCUT2D eigenvalue weighted by Gasteiger charge is -2.29. The summed E-state index contributed by atoms with van der Waals surface area (Å²) < 4.78 is 1.07. The molecule has 126 valence electrons. The van der Waals surface area contributed by atoms with Crippen molar-refractivity contribution in [2.75, 3.05) is 5.32 Å². The predicted molar refractivity (Wildman–Crippen MR) is 110 cm³/mol. The molecule has 0 atom stereocenters. The average Bonchev–Trinajstić information content (AvgIpc) is 2.65. The molecule has 3 rings (SSSR count). The Bertz CT molecular complexity index is 839. The van der Waals surface area contributed by atoms with Crippen molar-refractivity contribution in [3.8, 4) is 0 Å². The van der Waals surface area contributed by atoms with Crippen LogP contribution in [0.15, 0.2) is 72.8 Å². The summed E-state index contributed by atoms with van der Waals surface area (Å²) >= 11 is 2.23. The second-order valence-electron chi connectivity index (χ2n) is 6.07. The highest BCUT2D eigenvalue weighted by Crippen LogP contribution is 2.33. The van der Waals surface area contributed by atoms with Gasteiger partial charge >= 0.3 is 0 Å². The quantitative estimate of drug-likeness (QED) is 0.582. The van der Waals surface area contributed by atoms with Crippen LogP contribution >= 0.6 is 22.6 Å². The van der Waals surface area contributed by atoms with E-state index in [4.69, 9.17) is 0 Å². The van der Waals surface area contributed by atoms with Crippen LogP contribution in [0.25, 0.3) is 0 Å². The van der Waals surface area contributed by atoms with Crippen LogP contribution in [-0.4, -0.2) is 10.9 Å². The lowest BCUT2D eigenvalue weighted by atomic mass is 9.75. The van der Waals surface area contributed by atoms with Gasteiger partial charge in [0.25, 0.3) is 0 Å². The summed E-state index contributed by atoms with van der Waals surface area (Å²) in [4.78, 5) is 17.8. The zero-order valence-electron chi connectivity index (χ0n) is 14.2. The van der Waals surface area contributed by atoms with E-state index in [1.54, 1.807) is 0 Å². The zero-order chi connectivity index (χ0) is 17.9. The number of anilines is 1. The van der Waals surface area contributed by atoms with Crippen LogP contribution in [0.4, 0.5) is 5.82 Å². The number of rotatable bonds is 4. The third kappa shape index (κ3) is 3.58. The van der Waals surface area contributed by atoms with Gasteiger partial charge in [-0.3, -0.25) is 4.79 Å². The van der Waals surface area contributed by atoms with E-state index >= 15 is 0 Å². The van der Waals surface area contributed by atoms with Crippen molar-refractivity contribution in [3.63, 3.8) is 0 Å². The van der Waals surface area contributed by atoms with Gasteiger partial charge < -0.3 is 5.32 Å². The van der Waals surface area contributed by atoms with E-state index in [-0.39, 0.29) is 5.91 Å². The number of hydrogen-bond acceptors (Lipinski definition) is 2. The standard InChI is InChI=1S/C21H19IN2O/c1-15-18(22)13-14-19(23-15)24-20(25)21(2,16-9-5-3-6-10-16)17-11-7-4-8-12-17/h3-14H,1-2H3,(H,23,24,25). The molecule has 2 aromatic carbocycles. The fraction of sp³-hybridized carbons (Fsp3) is 0.143. The zero-order valence-corrected chi connectivity index (χ0v) is 16.3. The predicted octanol–water partition coefficient (Wildman–Crippen LogP) is 4.94. The number of nitrogens with zero attached hydrogens (tertiary/aromatic N) is 1. The average molecular weight is 442 g/mol. The molecule has 0 aliphatic carbocycles. The van der Waals surface area contributed by atoms with Crippen LogP contribution in [0.5, 0.6) is 0 Å². The Labute approximate surface area is 161 Å². The molecule has 1 aromatic heterocycles. The molecule has 0 radical (unpaired) electrons. The highest BCUT2D eigenvalue weighted by atomic mass is 127. The van der Waals surface area contributed by atoms with Crippen LogP contribution in [0, 0.1) is 10.5 Å². The van der Waals surface area contributed by atoms with Crippen molar-refractivity contribution >= 4 is 34.3 Å². The Morgan fingerprint density at radius 2 is 1.44 bits per heavy atom. The fourth-order valence-electron chi connectivity index (χ4n) is 2.83. The number of carbonyl (C=O) groups excluding carboxylic acids is 1. The summed E-state index contributed by atoms with van der Waals surface area (Å²) in [6, 6.07) is 23.5. The molecule has 0 saturated carbocycles. The summed E-state index contributed by atoms with van der Waals surface area (Å²) in [6.07, 6.45) is 0. The van der Waals surface area contributed by atoms with Gasteiger partial charge in [0.15, 0.2) is 0 Å². The van der Waals surface area contributed by atoms with Gasteiger partial charge in [-0.2, -0.15) is 0 Å². The molecular formula is C21H19IN2O. The molecule has 0 unspecified atom stereocenters. The molecule has 3 nitrogen and oxygen atoms in total. The van der Waals surface area contributed by atoms with Crippen LogP contribution in [0.2, 0.25) is 0 Å². The van der Waals surface area contributed by atoms with Gasteiger partial charge in [-0.1, -0.05) is 60.7 Å². The number of carbonyl (C=O) groups is 1. The second kappa shape index (κ2) is 7.35. The van der Waals surface area contributed by atoms with E-state index in [1.165, 1.54) is 0 Å². The number of amides is 1. The SMILES string of the molecule is Cc1nc(NC(=O)C(C)(c2ccccc2)c2ccccc2)ccc1I. The van der Waals surface area contributed by atoms with E-state index in [0.29, 0.717) is 5.82 Å². The Hall–Kier alpha value is -2.21. The highest BCUT2D eigenvalue weighted by molar-refractivity contribution is 14.1. The maximum absolute atomic E-state index is 13.3. The Kier molecular flexibility index (Phi) is 5.18. The molecule has 1 amide bonds. The molecule has 0 aliphatic rings. The molecule has 4 heteroatoms. The smallest absolute Gasteiger partial charge is 0.240 e. The van der Waals surface area contributed by atoms with E-state index < -0.39 is 5.41 Å². The molecule has 1 N–H and O–H groups in total. The fourth-order valence-corrected chi connectivity index (χ4v) is 3.13. The van der Waals surface area contributed by atoms with Crippen molar-refractivity contribution in [3.05, 3.63) is 93.2 Å². The summed E-state index contributed by atoms with van der Waals surface area (Å²) in [6.45, 7) is 3.89. The maximum atomic E-state index is 13.3. The maximum Gasteiger partial charge on any atom is 0.240 e. The van der Waals surface area contributed by atoms with Gasteiger partial charge in [0.2, 0.25) is 5.91 Å². The molecule has 3 aromatic rings. The van der Waals surface area contributed by atoms with E-state index in [1.807, 2.05) is 86.6 Å². The van der Waals surface area contributed by atoms with Gasteiger partial charge in [0, 0.05) is 3.57 Å². The number of benzene rings is 2.